The molecule has 4 nitrogen and oxygen atoms in total. The summed E-state index contributed by atoms with van der Waals surface area (Å²) in [6, 6.07) is 19.3. The van der Waals surface area contributed by atoms with E-state index in [1.807, 2.05) is 66.9 Å². The summed E-state index contributed by atoms with van der Waals surface area (Å²) in [5.41, 5.74) is 4.75. The second-order valence-electron chi connectivity index (χ2n) is 9.09. The second-order valence-corrected chi connectivity index (χ2v) is 9.09. The van der Waals surface area contributed by atoms with Crippen molar-refractivity contribution < 1.29 is 14.3 Å². The Bertz CT molecular complexity index is 995. The van der Waals surface area contributed by atoms with Crippen molar-refractivity contribution in [3.05, 3.63) is 83.6 Å². The van der Waals surface area contributed by atoms with Gasteiger partial charge in [-0.05, 0) is 72.9 Å². The van der Waals surface area contributed by atoms with Crippen LogP contribution in [0.3, 0.4) is 0 Å². The van der Waals surface area contributed by atoms with Gasteiger partial charge < -0.3 is 9.47 Å². The monoisotopic (exact) mass is 473 g/mol. The maximum absolute atomic E-state index is 12.6. The highest BCUT2D eigenvalue weighted by atomic mass is 16.5. The Labute approximate surface area is 210 Å². The first-order valence-electron chi connectivity index (χ1n) is 13.1. The van der Waals surface area contributed by atoms with E-state index in [1.54, 1.807) is 0 Å². The first-order chi connectivity index (χ1) is 17.2. The molecule has 0 N–H and O–H groups in total. The molecule has 0 aliphatic carbocycles. The lowest BCUT2D eigenvalue weighted by Gasteiger charge is -2.08. The van der Waals surface area contributed by atoms with E-state index in [9.17, 15) is 4.79 Å². The molecule has 0 aliphatic heterocycles. The summed E-state index contributed by atoms with van der Waals surface area (Å²) in [5.74, 6) is 0.185. The van der Waals surface area contributed by atoms with E-state index in [1.165, 1.54) is 50.5 Å². The minimum Gasteiger partial charge on any atom is -0.423 e. The van der Waals surface area contributed by atoms with Gasteiger partial charge in [0.25, 0.3) is 0 Å². The van der Waals surface area contributed by atoms with Crippen molar-refractivity contribution in [1.82, 2.24) is 4.98 Å². The van der Waals surface area contributed by atoms with E-state index in [0.29, 0.717) is 17.9 Å². The summed E-state index contributed by atoms with van der Waals surface area (Å²) in [7, 11) is 0. The number of aromatic nitrogens is 1. The van der Waals surface area contributed by atoms with Gasteiger partial charge in [-0.2, -0.15) is 0 Å². The fourth-order valence-corrected chi connectivity index (χ4v) is 3.97. The average Bonchev–Trinajstić information content (AvgIpc) is 2.89. The topological polar surface area (TPSA) is 48.4 Å². The summed E-state index contributed by atoms with van der Waals surface area (Å²) in [5, 5.41) is 0. The molecule has 2 aromatic carbocycles. The smallest absolute Gasteiger partial charge is 0.343 e. The minimum atomic E-state index is -0.338. The number of carbonyl (C=O) groups excluding carboxylic acids is 1. The maximum Gasteiger partial charge on any atom is 0.343 e. The van der Waals surface area contributed by atoms with Gasteiger partial charge in [0, 0.05) is 18.4 Å². The van der Waals surface area contributed by atoms with Gasteiger partial charge in [-0.1, -0.05) is 70.6 Å². The van der Waals surface area contributed by atoms with Crippen molar-refractivity contribution in [2.24, 2.45) is 0 Å². The molecular formula is C31H39NO3. The number of nitrogens with zero attached hydrogens (tertiary/aromatic N) is 1. The number of hydrogen-bond donors (Lipinski definition) is 0. The Hall–Kier alpha value is -2.98. The van der Waals surface area contributed by atoms with Gasteiger partial charge >= 0.3 is 5.97 Å². The van der Waals surface area contributed by atoms with E-state index < -0.39 is 0 Å². The molecule has 0 bridgehead atoms. The largest absolute Gasteiger partial charge is 0.423 e. The van der Waals surface area contributed by atoms with Crippen LogP contribution in [0, 0.1) is 0 Å². The van der Waals surface area contributed by atoms with Gasteiger partial charge in [-0.3, -0.25) is 4.98 Å². The normalized spacial score (nSPS) is 10.9. The molecule has 4 heteroatoms. The van der Waals surface area contributed by atoms with Gasteiger partial charge in [0.1, 0.15) is 5.75 Å². The van der Waals surface area contributed by atoms with Crippen LogP contribution in [0.5, 0.6) is 5.75 Å². The molecule has 0 amide bonds. The number of unbranched alkanes of at least 4 members (excludes halogenated alkanes) is 6. The highest BCUT2D eigenvalue weighted by Crippen LogP contribution is 2.22. The molecular weight excluding hydrogens is 434 g/mol. The Morgan fingerprint density at radius 2 is 1.43 bits per heavy atom. The summed E-state index contributed by atoms with van der Waals surface area (Å²) in [4.78, 5) is 17.1. The molecule has 0 saturated carbocycles. The van der Waals surface area contributed by atoms with E-state index in [2.05, 4.69) is 18.8 Å². The molecule has 0 saturated heterocycles. The Morgan fingerprint density at radius 3 is 2.09 bits per heavy atom. The van der Waals surface area contributed by atoms with Crippen molar-refractivity contribution in [3.8, 4) is 17.0 Å². The highest BCUT2D eigenvalue weighted by Gasteiger charge is 2.09. The van der Waals surface area contributed by atoms with Crippen LogP contribution in [-0.4, -0.2) is 17.6 Å². The number of hydrogen-bond acceptors (Lipinski definition) is 4. The van der Waals surface area contributed by atoms with Crippen molar-refractivity contribution >= 4 is 5.97 Å². The van der Waals surface area contributed by atoms with Gasteiger partial charge in [-0.25, -0.2) is 4.79 Å². The predicted octanol–water partition coefficient (Wildman–Crippen LogP) is 8.19. The zero-order chi connectivity index (χ0) is 24.7. The van der Waals surface area contributed by atoms with Crippen LogP contribution in [0.25, 0.3) is 11.3 Å². The lowest BCUT2D eigenvalue weighted by Crippen LogP contribution is -2.08. The molecule has 0 radical (unpaired) electrons. The number of ether oxygens (including phenoxy) is 2. The molecule has 35 heavy (non-hydrogen) atoms. The fraction of sp³-hybridized carbons (Fsp3) is 0.419. The highest BCUT2D eigenvalue weighted by molar-refractivity contribution is 5.91. The third kappa shape index (κ3) is 9.29. The SMILES string of the molecule is CCCCCCCCCc1ccc(C(=O)Oc2ccc(-c3ccc(COCCC)cn3)cc2)cc1. The maximum atomic E-state index is 12.6. The van der Waals surface area contributed by atoms with Crippen LogP contribution in [0.4, 0.5) is 0 Å². The molecule has 0 fully saturated rings. The fourth-order valence-electron chi connectivity index (χ4n) is 3.97. The quantitative estimate of drug-likeness (QED) is 0.127. The number of esters is 1. The predicted molar refractivity (Wildman–Crippen MR) is 143 cm³/mol. The number of carbonyl (C=O) groups is 1. The molecule has 0 spiro atoms. The zero-order valence-corrected chi connectivity index (χ0v) is 21.3. The Morgan fingerprint density at radius 1 is 0.743 bits per heavy atom. The first kappa shape index (κ1) is 26.6. The van der Waals surface area contributed by atoms with Crippen LogP contribution in [0.15, 0.2) is 66.9 Å². The molecule has 1 heterocycles. The molecule has 0 aliphatic rings. The molecule has 0 unspecified atom stereocenters. The Balaban J connectivity index is 1.45. The van der Waals surface area contributed by atoms with Crippen LogP contribution >= 0.6 is 0 Å². The van der Waals surface area contributed by atoms with Crippen LogP contribution in [0.2, 0.25) is 0 Å². The summed E-state index contributed by atoms with van der Waals surface area (Å²) in [6.07, 6.45) is 13.0. The average molecular weight is 474 g/mol. The van der Waals surface area contributed by atoms with E-state index in [-0.39, 0.29) is 5.97 Å². The van der Waals surface area contributed by atoms with Crippen LogP contribution in [-0.2, 0) is 17.8 Å². The number of pyridine rings is 1. The molecule has 3 rings (SSSR count). The van der Waals surface area contributed by atoms with Gasteiger partial charge in [0.15, 0.2) is 0 Å². The van der Waals surface area contributed by atoms with Crippen molar-refractivity contribution in [3.63, 3.8) is 0 Å². The zero-order valence-electron chi connectivity index (χ0n) is 21.3. The number of benzene rings is 2. The molecule has 0 atom stereocenters. The van der Waals surface area contributed by atoms with Crippen LogP contribution in [0.1, 0.15) is 86.7 Å². The number of rotatable bonds is 15. The van der Waals surface area contributed by atoms with E-state index >= 15 is 0 Å². The Kier molecular flexibility index (Phi) is 11.5. The van der Waals surface area contributed by atoms with Crippen molar-refractivity contribution in [1.29, 1.82) is 0 Å². The van der Waals surface area contributed by atoms with Crippen molar-refractivity contribution in [2.75, 3.05) is 6.61 Å². The standard InChI is InChI=1S/C31H39NO3/c1-3-5-6-7-8-9-10-11-25-12-15-28(16-13-25)31(33)35-29-19-17-27(18-20-29)30-21-14-26(23-32-30)24-34-22-4-2/h12-21,23H,3-11,22,24H2,1-2H3. The first-order valence-corrected chi connectivity index (χ1v) is 13.1. The molecule has 186 valence electrons. The third-order valence-electron chi connectivity index (χ3n) is 6.06. The molecule has 3 aromatic rings. The summed E-state index contributed by atoms with van der Waals surface area (Å²) in [6.45, 7) is 5.68. The second kappa shape index (κ2) is 15.1. The summed E-state index contributed by atoms with van der Waals surface area (Å²) < 4.78 is 11.1. The van der Waals surface area contributed by atoms with Gasteiger partial charge in [-0.15, -0.1) is 0 Å². The summed E-state index contributed by atoms with van der Waals surface area (Å²) >= 11 is 0. The lowest BCUT2D eigenvalue weighted by atomic mass is 10.0. The lowest BCUT2D eigenvalue weighted by molar-refractivity contribution is 0.0734. The molecule has 1 aromatic heterocycles. The van der Waals surface area contributed by atoms with Crippen LogP contribution < -0.4 is 4.74 Å². The van der Waals surface area contributed by atoms with E-state index in [4.69, 9.17) is 9.47 Å². The van der Waals surface area contributed by atoms with E-state index in [0.717, 1.165) is 36.3 Å². The number of aryl methyl sites for hydroxylation is 1. The minimum absolute atomic E-state index is 0.338. The van der Waals surface area contributed by atoms with Crippen molar-refractivity contribution in [2.45, 2.75) is 78.2 Å². The third-order valence-corrected chi connectivity index (χ3v) is 6.06. The van der Waals surface area contributed by atoms with Gasteiger partial charge in [0.05, 0.1) is 17.9 Å². The van der Waals surface area contributed by atoms with Gasteiger partial charge in [0.2, 0.25) is 0 Å².